The first kappa shape index (κ1) is 15.7. The largest absolute Gasteiger partial charge is 0.307 e. The Bertz CT molecular complexity index is 547. The Kier molecular flexibility index (Phi) is 5.24. The van der Waals surface area contributed by atoms with E-state index in [0.29, 0.717) is 18.1 Å². The zero-order valence-electron chi connectivity index (χ0n) is 13.4. The van der Waals surface area contributed by atoms with Crippen molar-refractivity contribution in [2.75, 3.05) is 13.1 Å². The molecule has 2 atom stereocenters. The van der Waals surface area contributed by atoms with Crippen molar-refractivity contribution in [1.29, 1.82) is 0 Å². The summed E-state index contributed by atoms with van der Waals surface area (Å²) < 4.78 is 0. The number of nitrogens with one attached hydrogen (secondary N) is 1. The van der Waals surface area contributed by atoms with Crippen molar-refractivity contribution in [3.8, 4) is 0 Å². The molecule has 0 bridgehead atoms. The number of likely N-dealkylation sites (tertiary alicyclic amines) is 1. The molecule has 0 radical (unpaired) electrons. The van der Waals surface area contributed by atoms with Gasteiger partial charge in [0.15, 0.2) is 0 Å². The summed E-state index contributed by atoms with van der Waals surface area (Å²) in [7, 11) is 0. The van der Waals surface area contributed by atoms with Gasteiger partial charge in [0.1, 0.15) is 0 Å². The van der Waals surface area contributed by atoms with Gasteiger partial charge in [-0.3, -0.25) is 9.88 Å². The van der Waals surface area contributed by atoms with Crippen LogP contribution in [0.2, 0.25) is 0 Å². The Morgan fingerprint density at radius 3 is 2.55 bits per heavy atom. The van der Waals surface area contributed by atoms with E-state index in [2.05, 4.69) is 58.7 Å². The van der Waals surface area contributed by atoms with Crippen LogP contribution in [0.15, 0.2) is 42.0 Å². The Morgan fingerprint density at radius 1 is 1.18 bits per heavy atom. The molecule has 2 aromatic rings. The van der Waals surface area contributed by atoms with Crippen LogP contribution in [0.1, 0.15) is 49.2 Å². The third-order valence-electron chi connectivity index (χ3n) is 4.72. The van der Waals surface area contributed by atoms with Gasteiger partial charge in [-0.2, -0.15) is 0 Å². The molecule has 2 aromatic heterocycles. The lowest BCUT2D eigenvalue weighted by atomic mass is 10.00. The second kappa shape index (κ2) is 7.36. The molecule has 1 saturated heterocycles. The minimum Gasteiger partial charge on any atom is -0.307 e. The molecular formula is C18H25N3S. The van der Waals surface area contributed by atoms with Gasteiger partial charge >= 0.3 is 0 Å². The van der Waals surface area contributed by atoms with Gasteiger partial charge in [0.05, 0.1) is 0 Å². The summed E-state index contributed by atoms with van der Waals surface area (Å²) in [5.41, 5.74) is 1.37. The first-order chi connectivity index (χ1) is 10.7. The van der Waals surface area contributed by atoms with E-state index in [1.165, 1.54) is 23.3 Å². The molecular weight excluding hydrogens is 290 g/mol. The summed E-state index contributed by atoms with van der Waals surface area (Å²) in [4.78, 5) is 8.14. The highest BCUT2D eigenvalue weighted by molar-refractivity contribution is 7.10. The number of rotatable bonds is 5. The third kappa shape index (κ3) is 3.75. The molecule has 2 unspecified atom stereocenters. The van der Waals surface area contributed by atoms with E-state index in [1.807, 2.05) is 23.7 Å². The molecule has 0 saturated carbocycles. The lowest BCUT2D eigenvalue weighted by Crippen LogP contribution is -2.43. The van der Waals surface area contributed by atoms with E-state index in [0.717, 1.165) is 13.1 Å². The first-order valence-corrected chi connectivity index (χ1v) is 9.05. The normalized spacial score (nSPS) is 19.9. The molecule has 1 aliphatic heterocycles. The monoisotopic (exact) mass is 315 g/mol. The number of pyridine rings is 1. The van der Waals surface area contributed by atoms with Crippen molar-refractivity contribution in [1.82, 2.24) is 15.2 Å². The molecule has 4 heteroatoms. The molecule has 3 heterocycles. The number of thiophene rings is 1. The lowest BCUT2D eigenvalue weighted by Gasteiger charge is -2.37. The second-order valence-electron chi connectivity index (χ2n) is 6.17. The SMILES string of the molecule is CC(NC1CCN(C(C)c2ccncc2)CC1)c1cccs1. The van der Waals surface area contributed by atoms with Crippen molar-refractivity contribution < 1.29 is 0 Å². The summed E-state index contributed by atoms with van der Waals surface area (Å²) in [5.74, 6) is 0. The summed E-state index contributed by atoms with van der Waals surface area (Å²) in [5, 5.41) is 5.95. The second-order valence-corrected chi connectivity index (χ2v) is 7.15. The minimum atomic E-state index is 0.467. The predicted molar refractivity (Wildman–Crippen MR) is 93.1 cm³/mol. The van der Waals surface area contributed by atoms with Gasteiger partial charge in [-0.05, 0) is 55.8 Å². The lowest BCUT2D eigenvalue weighted by molar-refractivity contribution is 0.149. The molecule has 22 heavy (non-hydrogen) atoms. The highest BCUT2D eigenvalue weighted by Gasteiger charge is 2.24. The Hall–Kier alpha value is -1.23. The highest BCUT2D eigenvalue weighted by Crippen LogP contribution is 2.25. The van der Waals surface area contributed by atoms with Crippen molar-refractivity contribution >= 4 is 11.3 Å². The fraction of sp³-hybridized carbons (Fsp3) is 0.500. The Morgan fingerprint density at radius 2 is 1.91 bits per heavy atom. The van der Waals surface area contributed by atoms with Crippen molar-refractivity contribution in [2.24, 2.45) is 0 Å². The Labute approximate surface area is 137 Å². The number of aromatic nitrogens is 1. The first-order valence-electron chi connectivity index (χ1n) is 8.17. The van der Waals surface area contributed by atoms with Gasteiger partial charge in [0.25, 0.3) is 0 Å². The average molecular weight is 315 g/mol. The van der Waals surface area contributed by atoms with Crippen LogP contribution in [0.4, 0.5) is 0 Å². The number of nitrogens with zero attached hydrogens (tertiary/aromatic N) is 2. The van der Waals surface area contributed by atoms with Crippen LogP contribution in [-0.2, 0) is 0 Å². The van der Waals surface area contributed by atoms with E-state index in [4.69, 9.17) is 0 Å². The van der Waals surface area contributed by atoms with Gasteiger partial charge < -0.3 is 5.32 Å². The van der Waals surface area contributed by atoms with E-state index >= 15 is 0 Å². The van der Waals surface area contributed by atoms with Crippen LogP contribution < -0.4 is 5.32 Å². The van der Waals surface area contributed by atoms with E-state index in [9.17, 15) is 0 Å². The van der Waals surface area contributed by atoms with Crippen LogP contribution in [0.25, 0.3) is 0 Å². The fourth-order valence-electron chi connectivity index (χ4n) is 3.28. The molecule has 118 valence electrons. The topological polar surface area (TPSA) is 28.2 Å². The molecule has 0 aliphatic carbocycles. The third-order valence-corrected chi connectivity index (χ3v) is 5.78. The maximum Gasteiger partial charge on any atom is 0.0388 e. The standard InChI is InChI=1S/C18H25N3S/c1-14(18-4-3-13-22-18)20-17-7-11-21(12-8-17)15(2)16-5-9-19-10-6-16/h3-6,9-10,13-15,17,20H,7-8,11-12H2,1-2H3. The van der Waals surface area contributed by atoms with Crippen molar-refractivity contribution in [3.63, 3.8) is 0 Å². The number of hydrogen-bond acceptors (Lipinski definition) is 4. The van der Waals surface area contributed by atoms with Crippen LogP contribution in [0.3, 0.4) is 0 Å². The summed E-state index contributed by atoms with van der Waals surface area (Å²) in [6, 6.07) is 10.2. The molecule has 0 spiro atoms. The maximum absolute atomic E-state index is 4.11. The van der Waals surface area contributed by atoms with Crippen molar-refractivity contribution in [2.45, 2.75) is 44.8 Å². The molecule has 3 rings (SSSR count). The smallest absolute Gasteiger partial charge is 0.0388 e. The molecule has 0 aromatic carbocycles. The summed E-state index contributed by atoms with van der Waals surface area (Å²) >= 11 is 1.84. The van der Waals surface area contributed by atoms with E-state index in [1.54, 1.807) is 0 Å². The summed E-state index contributed by atoms with van der Waals surface area (Å²) in [6.07, 6.45) is 6.24. The molecule has 3 nitrogen and oxygen atoms in total. The van der Waals surface area contributed by atoms with Crippen molar-refractivity contribution in [3.05, 3.63) is 52.5 Å². The zero-order chi connectivity index (χ0) is 15.4. The quantitative estimate of drug-likeness (QED) is 0.903. The highest BCUT2D eigenvalue weighted by atomic mass is 32.1. The van der Waals surface area contributed by atoms with Gasteiger partial charge in [0, 0.05) is 48.5 Å². The van der Waals surface area contributed by atoms with Gasteiger partial charge in [0.2, 0.25) is 0 Å². The fourth-order valence-corrected chi connectivity index (χ4v) is 4.02. The van der Waals surface area contributed by atoms with E-state index in [-0.39, 0.29) is 0 Å². The molecule has 1 aliphatic rings. The van der Waals surface area contributed by atoms with Gasteiger partial charge in [-0.15, -0.1) is 11.3 Å². The molecule has 1 N–H and O–H groups in total. The average Bonchev–Trinajstić information content (AvgIpc) is 3.10. The number of piperidine rings is 1. The molecule has 0 amide bonds. The van der Waals surface area contributed by atoms with E-state index < -0.39 is 0 Å². The van der Waals surface area contributed by atoms with Crippen LogP contribution in [0.5, 0.6) is 0 Å². The van der Waals surface area contributed by atoms with Gasteiger partial charge in [-0.1, -0.05) is 6.07 Å². The van der Waals surface area contributed by atoms with Crippen LogP contribution in [-0.4, -0.2) is 29.0 Å². The molecule has 1 fully saturated rings. The van der Waals surface area contributed by atoms with Gasteiger partial charge in [-0.25, -0.2) is 0 Å². The summed E-state index contributed by atoms with van der Waals surface area (Å²) in [6.45, 7) is 6.91. The Balaban J connectivity index is 1.50. The predicted octanol–water partition coefficient (Wildman–Crippen LogP) is 4.02. The minimum absolute atomic E-state index is 0.467. The number of hydrogen-bond donors (Lipinski definition) is 1. The maximum atomic E-state index is 4.11. The van der Waals surface area contributed by atoms with Crippen LogP contribution in [0, 0.1) is 0 Å². The van der Waals surface area contributed by atoms with Crippen LogP contribution >= 0.6 is 11.3 Å². The zero-order valence-corrected chi connectivity index (χ0v) is 14.2.